The summed E-state index contributed by atoms with van der Waals surface area (Å²) in [5.74, 6) is -0.597. The quantitative estimate of drug-likeness (QED) is 0.756. The van der Waals surface area contributed by atoms with Gasteiger partial charge in [-0.15, -0.1) is 0 Å². The summed E-state index contributed by atoms with van der Waals surface area (Å²) in [7, 11) is 1.58. The molecule has 112 valence electrons. The number of carbonyl (C=O) groups is 1. The Bertz CT molecular complexity index is 539. The van der Waals surface area contributed by atoms with Crippen LogP contribution in [-0.4, -0.2) is 30.4 Å². The van der Waals surface area contributed by atoms with Gasteiger partial charge in [-0.2, -0.15) is 0 Å². The van der Waals surface area contributed by atoms with Crippen molar-refractivity contribution < 1.29 is 14.3 Å². The van der Waals surface area contributed by atoms with Crippen molar-refractivity contribution in [3.05, 3.63) is 32.7 Å². The van der Waals surface area contributed by atoms with E-state index in [0.717, 1.165) is 0 Å². The van der Waals surface area contributed by atoms with Crippen LogP contribution in [0.2, 0.25) is 5.02 Å². The fraction of sp³-hybridized carbons (Fsp3) is 0.571. The Labute approximate surface area is 123 Å². The minimum absolute atomic E-state index is 0.0830. The summed E-state index contributed by atoms with van der Waals surface area (Å²) in [6, 6.07) is 0. The van der Waals surface area contributed by atoms with Crippen LogP contribution >= 0.6 is 11.6 Å². The van der Waals surface area contributed by atoms with Crippen LogP contribution in [-0.2, 0) is 22.4 Å². The van der Waals surface area contributed by atoms with Gasteiger partial charge in [0.05, 0.1) is 12.7 Å². The normalized spacial score (nSPS) is 12.2. The molecule has 1 aromatic heterocycles. The second kappa shape index (κ2) is 7.45. The minimum atomic E-state index is -0.597. The van der Waals surface area contributed by atoms with E-state index in [1.54, 1.807) is 24.8 Å². The highest BCUT2D eigenvalue weighted by atomic mass is 35.5. The molecule has 1 atom stereocenters. The molecule has 0 saturated carbocycles. The summed E-state index contributed by atoms with van der Waals surface area (Å²) < 4.78 is 11.8. The number of halogens is 1. The van der Waals surface area contributed by atoms with Crippen molar-refractivity contribution in [1.82, 2.24) is 4.57 Å². The number of hydrogen-bond donors (Lipinski definition) is 0. The van der Waals surface area contributed by atoms with Crippen LogP contribution in [0.5, 0.6) is 0 Å². The van der Waals surface area contributed by atoms with Gasteiger partial charge in [0.2, 0.25) is 5.43 Å². The third kappa shape index (κ3) is 3.61. The summed E-state index contributed by atoms with van der Waals surface area (Å²) in [5, 5.41) is -0.0916. The van der Waals surface area contributed by atoms with Crippen LogP contribution in [0.3, 0.4) is 0 Å². The zero-order chi connectivity index (χ0) is 15.3. The molecule has 0 bridgehead atoms. The summed E-state index contributed by atoms with van der Waals surface area (Å²) >= 11 is 6.06. The van der Waals surface area contributed by atoms with Crippen molar-refractivity contribution in [3.8, 4) is 0 Å². The van der Waals surface area contributed by atoms with E-state index in [4.69, 9.17) is 21.1 Å². The first-order chi connectivity index (χ1) is 9.46. The summed E-state index contributed by atoms with van der Waals surface area (Å²) in [4.78, 5) is 24.1. The lowest BCUT2D eigenvalue weighted by Crippen LogP contribution is -2.26. The maximum atomic E-state index is 12.1. The predicted octanol–water partition coefficient (Wildman–Crippen LogP) is 2.28. The van der Waals surface area contributed by atoms with E-state index in [1.807, 2.05) is 13.8 Å². The van der Waals surface area contributed by atoms with Crippen LogP contribution < -0.4 is 5.43 Å². The van der Waals surface area contributed by atoms with Gasteiger partial charge < -0.3 is 14.0 Å². The fourth-order valence-corrected chi connectivity index (χ4v) is 2.15. The SMILES string of the molecule is CCOC(=O)c1c(Cl)c(=O)c(CC)cn1CC(C)OC. The molecule has 0 amide bonds. The van der Waals surface area contributed by atoms with E-state index >= 15 is 0 Å². The third-order valence-electron chi connectivity index (χ3n) is 3.00. The molecular formula is C14H20ClNO4. The Hall–Kier alpha value is -1.33. The average molecular weight is 302 g/mol. The van der Waals surface area contributed by atoms with Gasteiger partial charge >= 0.3 is 5.97 Å². The Morgan fingerprint density at radius 2 is 2.10 bits per heavy atom. The number of esters is 1. The van der Waals surface area contributed by atoms with Crippen molar-refractivity contribution in [3.63, 3.8) is 0 Å². The molecular weight excluding hydrogens is 282 g/mol. The number of ether oxygens (including phenoxy) is 2. The summed E-state index contributed by atoms with van der Waals surface area (Å²) in [5.41, 5.74) is 0.324. The number of nitrogens with zero attached hydrogens (tertiary/aromatic N) is 1. The lowest BCUT2D eigenvalue weighted by molar-refractivity contribution is 0.0503. The molecule has 0 aliphatic heterocycles. The van der Waals surface area contributed by atoms with E-state index in [1.165, 1.54) is 0 Å². The van der Waals surface area contributed by atoms with E-state index < -0.39 is 5.97 Å². The number of pyridine rings is 1. The molecule has 0 saturated heterocycles. The Morgan fingerprint density at radius 3 is 2.60 bits per heavy atom. The van der Waals surface area contributed by atoms with Gasteiger partial charge in [0.15, 0.2) is 5.69 Å². The molecule has 5 nitrogen and oxygen atoms in total. The largest absolute Gasteiger partial charge is 0.461 e. The zero-order valence-corrected chi connectivity index (χ0v) is 13.0. The van der Waals surface area contributed by atoms with Crippen molar-refractivity contribution >= 4 is 17.6 Å². The topological polar surface area (TPSA) is 57.5 Å². The molecule has 0 N–H and O–H groups in total. The zero-order valence-electron chi connectivity index (χ0n) is 12.2. The Morgan fingerprint density at radius 1 is 1.45 bits per heavy atom. The number of aryl methyl sites for hydroxylation is 1. The average Bonchev–Trinajstić information content (AvgIpc) is 2.42. The second-order valence-electron chi connectivity index (χ2n) is 4.42. The molecule has 20 heavy (non-hydrogen) atoms. The van der Waals surface area contributed by atoms with Gasteiger partial charge in [0, 0.05) is 25.4 Å². The predicted molar refractivity (Wildman–Crippen MR) is 77.5 cm³/mol. The molecule has 0 radical (unpaired) electrons. The third-order valence-corrected chi connectivity index (χ3v) is 3.35. The van der Waals surface area contributed by atoms with Gasteiger partial charge in [-0.05, 0) is 20.3 Å². The van der Waals surface area contributed by atoms with Crippen molar-refractivity contribution in [1.29, 1.82) is 0 Å². The lowest BCUT2D eigenvalue weighted by atomic mass is 10.2. The van der Waals surface area contributed by atoms with Crippen LogP contribution in [0, 0.1) is 0 Å². The van der Waals surface area contributed by atoms with Crippen LogP contribution in [0.25, 0.3) is 0 Å². The monoisotopic (exact) mass is 301 g/mol. The van der Waals surface area contributed by atoms with Crippen LogP contribution in [0.4, 0.5) is 0 Å². The number of carbonyl (C=O) groups excluding carboxylic acids is 1. The van der Waals surface area contributed by atoms with Gasteiger partial charge in [-0.1, -0.05) is 18.5 Å². The molecule has 0 spiro atoms. The van der Waals surface area contributed by atoms with Gasteiger partial charge in [0.1, 0.15) is 5.02 Å². The lowest BCUT2D eigenvalue weighted by Gasteiger charge is -2.18. The molecule has 1 aromatic rings. The molecule has 0 aliphatic carbocycles. The smallest absolute Gasteiger partial charge is 0.356 e. The van der Waals surface area contributed by atoms with Crippen molar-refractivity contribution in [2.45, 2.75) is 39.8 Å². The first-order valence-corrected chi connectivity index (χ1v) is 6.95. The first-order valence-electron chi connectivity index (χ1n) is 6.57. The van der Waals surface area contributed by atoms with E-state index in [9.17, 15) is 9.59 Å². The molecule has 1 rings (SSSR count). The van der Waals surface area contributed by atoms with Gasteiger partial charge in [0.25, 0.3) is 0 Å². The molecule has 0 fully saturated rings. The standard InChI is InChI=1S/C14H20ClNO4/c1-5-10-8-16(7-9(3)19-4)12(11(15)13(10)17)14(18)20-6-2/h8-9H,5-7H2,1-4H3. The van der Waals surface area contributed by atoms with Crippen molar-refractivity contribution in [2.75, 3.05) is 13.7 Å². The Kier molecular flexibility index (Phi) is 6.23. The van der Waals surface area contributed by atoms with Crippen LogP contribution in [0.1, 0.15) is 36.8 Å². The summed E-state index contributed by atoms with van der Waals surface area (Å²) in [6.45, 7) is 6.07. The fourth-order valence-electron chi connectivity index (χ4n) is 1.84. The maximum absolute atomic E-state index is 12.1. The number of rotatable bonds is 6. The highest BCUT2D eigenvalue weighted by Crippen LogP contribution is 2.16. The number of aromatic nitrogens is 1. The second-order valence-corrected chi connectivity index (χ2v) is 4.80. The highest BCUT2D eigenvalue weighted by molar-refractivity contribution is 6.33. The van der Waals surface area contributed by atoms with Crippen molar-refractivity contribution in [2.24, 2.45) is 0 Å². The van der Waals surface area contributed by atoms with E-state index in [0.29, 0.717) is 18.5 Å². The maximum Gasteiger partial charge on any atom is 0.356 e. The molecule has 0 aliphatic rings. The summed E-state index contributed by atoms with van der Waals surface area (Å²) in [6.07, 6.45) is 2.07. The molecule has 1 heterocycles. The van der Waals surface area contributed by atoms with Crippen LogP contribution in [0.15, 0.2) is 11.0 Å². The number of hydrogen-bond acceptors (Lipinski definition) is 4. The highest BCUT2D eigenvalue weighted by Gasteiger charge is 2.21. The number of methoxy groups -OCH3 is 1. The van der Waals surface area contributed by atoms with E-state index in [2.05, 4.69) is 0 Å². The first kappa shape index (κ1) is 16.7. The molecule has 6 heteroatoms. The van der Waals surface area contributed by atoms with Gasteiger partial charge in [-0.3, -0.25) is 4.79 Å². The molecule has 0 aromatic carbocycles. The van der Waals surface area contributed by atoms with Gasteiger partial charge in [-0.25, -0.2) is 4.79 Å². The Balaban J connectivity index is 3.40. The minimum Gasteiger partial charge on any atom is -0.461 e. The van der Waals surface area contributed by atoms with E-state index in [-0.39, 0.29) is 28.9 Å². The molecule has 1 unspecified atom stereocenters.